The second-order valence-corrected chi connectivity index (χ2v) is 9.41. The average molecular weight is 473 g/mol. The Morgan fingerprint density at radius 1 is 1.09 bits per heavy atom. The van der Waals surface area contributed by atoms with Gasteiger partial charge in [-0.15, -0.1) is 0 Å². The third-order valence-corrected chi connectivity index (χ3v) is 6.59. The summed E-state index contributed by atoms with van der Waals surface area (Å²) in [5.74, 6) is -0.857. The molecule has 0 aromatic heterocycles. The number of halogens is 5. The minimum Gasteiger partial charge on any atom is -0.489 e. The van der Waals surface area contributed by atoms with E-state index in [0.29, 0.717) is 42.4 Å². The Morgan fingerprint density at radius 3 is 2.19 bits per heavy atom. The molecule has 0 heterocycles. The summed E-state index contributed by atoms with van der Waals surface area (Å²) in [6.07, 6.45) is -2.28. The van der Waals surface area contributed by atoms with Crippen LogP contribution >= 0.6 is 11.6 Å². The highest BCUT2D eigenvalue weighted by Crippen LogP contribution is 2.50. The first kappa shape index (κ1) is 24.4. The molecule has 0 unspecified atom stereocenters. The zero-order valence-electron chi connectivity index (χ0n) is 17.9. The zero-order valence-corrected chi connectivity index (χ0v) is 18.6. The van der Waals surface area contributed by atoms with Gasteiger partial charge in [0.15, 0.2) is 0 Å². The van der Waals surface area contributed by atoms with Gasteiger partial charge in [-0.1, -0.05) is 37.6 Å². The van der Waals surface area contributed by atoms with Gasteiger partial charge >= 0.3 is 12.1 Å². The van der Waals surface area contributed by atoms with Crippen molar-refractivity contribution in [2.75, 3.05) is 13.3 Å². The van der Waals surface area contributed by atoms with Crippen molar-refractivity contribution < 1.29 is 32.2 Å². The van der Waals surface area contributed by atoms with Crippen LogP contribution in [0.5, 0.6) is 5.75 Å². The number of rotatable bonds is 6. The Kier molecular flexibility index (Phi) is 6.80. The Balaban J connectivity index is 2.14. The molecule has 0 saturated heterocycles. The third-order valence-electron chi connectivity index (χ3n) is 6.31. The molecule has 1 aliphatic carbocycles. The third kappa shape index (κ3) is 4.87. The summed E-state index contributed by atoms with van der Waals surface area (Å²) in [5.41, 5.74) is -0.798. The van der Waals surface area contributed by atoms with Crippen molar-refractivity contribution in [3.8, 4) is 16.9 Å². The average Bonchev–Trinajstić information content (AvgIpc) is 2.72. The maximum absolute atomic E-state index is 13.0. The summed E-state index contributed by atoms with van der Waals surface area (Å²) in [5, 5.41) is 10.2. The van der Waals surface area contributed by atoms with E-state index in [1.807, 2.05) is 0 Å². The fraction of sp³-hybridized carbons (Fsp3) is 0.458. The van der Waals surface area contributed by atoms with Crippen LogP contribution < -0.4 is 4.74 Å². The van der Waals surface area contributed by atoms with Crippen molar-refractivity contribution in [3.05, 3.63) is 52.5 Å². The monoisotopic (exact) mass is 472 g/mol. The maximum atomic E-state index is 13.0. The Morgan fingerprint density at radius 2 is 1.69 bits per heavy atom. The molecule has 0 amide bonds. The molecule has 0 atom stereocenters. The van der Waals surface area contributed by atoms with Gasteiger partial charge in [-0.3, -0.25) is 4.79 Å². The van der Waals surface area contributed by atoms with Crippen molar-refractivity contribution >= 4 is 17.6 Å². The van der Waals surface area contributed by atoms with Gasteiger partial charge in [0.2, 0.25) is 0 Å². The van der Waals surface area contributed by atoms with Crippen LogP contribution in [0.15, 0.2) is 36.4 Å². The number of carboxylic acid groups (broad SMARTS) is 1. The first-order valence-electron chi connectivity index (χ1n) is 10.3. The van der Waals surface area contributed by atoms with Crippen molar-refractivity contribution in [1.82, 2.24) is 0 Å². The van der Waals surface area contributed by atoms with Crippen LogP contribution in [0, 0.1) is 5.41 Å². The summed E-state index contributed by atoms with van der Waals surface area (Å²) in [6.45, 7) is 3.12. The second-order valence-electron chi connectivity index (χ2n) is 9.00. The minimum atomic E-state index is -4.49. The van der Waals surface area contributed by atoms with Gasteiger partial charge < -0.3 is 9.84 Å². The molecule has 1 saturated carbocycles. The lowest BCUT2D eigenvalue weighted by atomic mass is 9.62. The van der Waals surface area contributed by atoms with Crippen molar-refractivity contribution in [3.63, 3.8) is 0 Å². The van der Waals surface area contributed by atoms with E-state index in [4.69, 9.17) is 16.3 Å². The molecule has 0 radical (unpaired) electrons. The number of carboxylic acids is 1. The summed E-state index contributed by atoms with van der Waals surface area (Å²) < 4.78 is 57.2. The van der Waals surface area contributed by atoms with Crippen molar-refractivity contribution in [1.29, 1.82) is 0 Å². The summed E-state index contributed by atoms with van der Waals surface area (Å²) >= 11 is 6.45. The zero-order chi connectivity index (χ0) is 23.7. The predicted molar refractivity (Wildman–Crippen MR) is 115 cm³/mol. The highest BCUT2D eigenvalue weighted by molar-refractivity contribution is 6.32. The fourth-order valence-electron chi connectivity index (χ4n) is 4.19. The molecule has 0 aliphatic heterocycles. The molecule has 3 nitrogen and oxygen atoms in total. The Hall–Kier alpha value is -2.28. The first-order chi connectivity index (χ1) is 14.9. The molecule has 2 aromatic rings. The van der Waals surface area contributed by atoms with E-state index in [9.17, 15) is 27.5 Å². The van der Waals surface area contributed by atoms with E-state index in [2.05, 4.69) is 13.8 Å². The standard InChI is InChI=1S/C24H25ClF4O3/c1-22(2)7-9-23(10-8-22,21(30)31)17-13-18(20(19(25)14-17)32-12-11-26)15-3-5-16(6-4-15)24(27,28)29/h3-6,13-14H,7-12H2,1-2H3,(H,30,31). The SMILES string of the molecule is CC1(C)CCC(C(=O)O)(c2cc(Cl)c(OCCF)c(-c3ccc(C(F)(F)F)cc3)c2)CC1. The van der Waals surface area contributed by atoms with Crippen LogP contribution in [0.1, 0.15) is 50.7 Å². The van der Waals surface area contributed by atoms with Gasteiger partial charge in [0.25, 0.3) is 0 Å². The number of alkyl halides is 4. The quantitative estimate of drug-likeness (QED) is 0.449. The number of carbonyl (C=O) groups is 1. The highest BCUT2D eigenvalue weighted by atomic mass is 35.5. The molecule has 1 fully saturated rings. The maximum Gasteiger partial charge on any atom is 0.416 e. The predicted octanol–water partition coefficient (Wildman–Crippen LogP) is 7.30. The number of hydrogen-bond acceptors (Lipinski definition) is 2. The summed E-state index contributed by atoms with van der Waals surface area (Å²) in [6, 6.07) is 7.55. The molecule has 174 valence electrons. The van der Waals surface area contributed by atoms with E-state index in [1.165, 1.54) is 18.2 Å². The van der Waals surface area contributed by atoms with Gasteiger partial charge in [0.1, 0.15) is 19.0 Å². The number of ether oxygens (including phenoxy) is 1. The topological polar surface area (TPSA) is 46.5 Å². The van der Waals surface area contributed by atoms with Crippen molar-refractivity contribution in [2.45, 2.75) is 51.1 Å². The summed E-state index contributed by atoms with van der Waals surface area (Å²) in [4.78, 5) is 12.4. The smallest absolute Gasteiger partial charge is 0.416 e. The van der Waals surface area contributed by atoms with Crippen LogP contribution in [-0.4, -0.2) is 24.4 Å². The normalized spacial score (nSPS) is 17.7. The van der Waals surface area contributed by atoms with Crippen LogP contribution in [0.25, 0.3) is 11.1 Å². The molecule has 0 bridgehead atoms. The van der Waals surface area contributed by atoms with Crippen LogP contribution in [0.2, 0.25) is 5.02 Å². The number of aliphatic carboxylic acids is 1. The Labute approximate surface area is 189 Å². The largest absolute Gasteiger partial charge is 0.489 e. The molecule has 1 aliphatic rings. The number of hydrogen-bond donors (Lipinski definition) is 1. The minimum absolute atomic E-state index is 0.0170. The Bertz CT molecular complexity index is 974. The van der Waals surface area contributed by atoms with Crippen LogP contribution in [0.4, 0.5) is 17.6 Å². The fourth-order valence-corrected chi connectivity index (χ4v) is 4.46. The molecule has 2 aromatic carbocycles. The van der Waals surface area contributed by atoms with Crippen LogP contribution in [0.3, 0.4) is 0 Å². The van der Waals surface area contributed by atoms with Gasteiger partial charge in [0, 0.05) is 5.56 Å². The van der Waals surface area contributed by atoms with E-state index in [0.717, 1.165) is 12.1 Å². The molecule has 1 N–H and O–H groups in total. The van der Waals surface area contributed by atoms with E-state index in [1.54, 1.807) is 6.07 Å². The van der Waals surface area contributed by atoms with Gasteiger partial charge in [0.05, 0.1) is 16.0 Å². The van der Waals surface area contributed by atoms with E-state index in [-0.39, 0.29) is 22.8 Å². The van der Waals surface area contributed by atoms with Gasteiger partial charge in [-0.2, -0.15) is 13.2 Å². The molecular weight excluding hydrogens is 448 g/mol. The first-order valence-corrected chi connectivity index (χ1v) is 10.7. The lowest BCUT2D eigenvalue weighted by molar-refractivity contribution is -0.146. The second kappa shape index (κ2) is 8.93. The van der Waals surface area contributed by atoms with E-state index < -0.39 is 29.8 Å². The van der Waals surface area contributed by atoms with Gasteiger partial charge in [-0.05, 0) is 66.5 Å². The van der Waals surface area contributed by atoms with E-state index >= 15 is 0 Å². The summed E-state index contributed by atoms with van der Waals surface area (Å²) in [7, 11) is 0. The molecule has 3 rings (SSSR count). The molecule has 32 heavy (non-hydrogen) atoms. The van der Waals surface area contributed by atoms with Gasteiger partial charge in [-0.25, -0.2) is 4.39 Å². The van der Waals surface area contributed by atoms with Crippen molar-refractivity contribution in [2.24, 2.45) is 5.41 Å². The number of benzene rings is 2. The molecular formula is C24H25ClF4O3. The highest BCUT2D eigenvalue weighted by Gasteiger charge is 2.46. The van der Waals surface area contributed by atoms with Crippen LogP contribution in [-0.2, 0) is 16.4 Å². The molecule has 0 spiro atoms. The lowest BCUT2D eigenvalue weighted by Crippen LogP contribution is -2.41. The molecule has 8 heteroatoms. The lowest BCUT2D eigenvalue weighted by Gasteiger charge is -2.41.